The minimum Gasteiger partial charge on any atom is -0.372 e. The highest BCUT2D eigenvalue weighted by atomic mass is 32.1. The Balaban J connectivity index is 1.46. The molecule has 148 valence electrons. The molecule has 2 unspecified atom stereocenters. The average Bonchev–Trinajstić information content (AvgIpc) is 3.27. The van der Waals surface area contributed by atoms with Crippen LogP contribution >= 0.6 is 11.3 Å². The minimum atomic E-state index is -0.174. The third-order valence-corrected chi connectivity index (χ3v) is 5.37. The summed E-state index contributed by atoms with van der Waals surface area (Å²) in [5.41, 5.74) is 1.21. The normalized spacial score (nSPS) is 19.9. The number of thiazole rings is 1. The first-order valence-electron chi connectivity index (χ1n) is 9.28. The Hall–Kier alpha value is -2.59. The maximum absolute atomic E-state index is 12.1. The highest BCUT2D eigenvalue weighted by Crippen LogP contribution is 2.25. The summed E-state index contributed by atoms with van der Waals surface area (Å²) in [6.45, 7) is 8.54. The number of hydrogen-bond donors (Lipinski definition) is 1. The number of carbonyl (C=O) groups excluding carboxylic acids is 1. The second-order valence-electron chi connectivity index (χ2n) is 6.97. The van der Waals surface area contributed by atoms with Gasteiger partial charge in [0.05, 0.1) is 35.3 Å². The second kappa shape index (κ2) is 7.80. The summed E-state index contributed by atoms with van der Waals surface area (Å²) >= 11 is 1.46. The Morgan fingerprint density at radius 2 is 2.11 bits per heavy atom. The molecule has 1 fully saturated rings. The fraction of sp³-hybridized carbons (Fsp3) is 0.500. The summed E-state index contributed by atoms with van der Waals surface area (Å²) in [5.74, 6) is 0.702. The standard InChI is InChI=1S/C18H23N7O2S/c1-11-7-24(8-12(2)27-11)16-14-6-22-25(17(14)21-10-20-16)5-4-19-18(26)15-9-28-13(3)23-15/h6,9-12H,4-5,7-8H2,1-3H3,(H,19,26). The highest BCUT2D eigenvalue weighted by Gasteiger charge is 2.25. The number of amides is 1. The van der Waals surface area contributed by atoms with Crippen LogP contribution in [0.5, 0.6) is 0 Å². The Bertz CT molecular complexity index is 975. The van der Waals surface area contributed by atoms with E-state index in [0.717, 1.165) is 34.9 Å². The van der Waals surface area contributed by atoms with Gasteiger partial charge in [0, 0.05) is 25.0 Å². The molecule has 1 saturated heterocycles. The molecule has 2 atom stereocenters. The third-order valence-electron chi connectivity index (χ3n) is 4.59. The van der Waals surface area contributed by atoms with Crippen LogP contribution in [0.25, 0.3) is 11.0 Å². The molecule has 10 heteroatoms. The van der Waals surface area contributed by atoms with E-state index in [0.29, 0.717) is 18.8 Å². The number of morpholine rings is 1. The van der Waals surface area contributed by atoms with Crippen LogP contribution < -0.4 is 10.2 Å². The molecule has 3 aromatic rings. The zero-order valence-electron chi connectivity index (χ0n) is 16.1. The van der Waals surface area contributed by atoms with Gasteiger partial charge >= 0.3 is 0 Å². The van der Waals surface area contributed by atoms with Crippen molar-refractivity contribution < 1.29 is 9.53 Å². The summed E-state index contributed by atoms with van der Waals surface area (Å²) in [5, 5.41) is 10.9. The van der Waals surface area contributed by atoms with Crippen LogP contribution in [0.4, 0.5) is 5.82 Å². The SMILES string of the molecule is Cc1nc(C(=O)NCCn2ncc3c(N4CC(C)OC(C)C4)ncnc32)cs1. The van der Waals surface area contributed by atoms with E-state index in [1.165, 1.54) is 11.3 Å². The molecular weight excluding hydrogens is 378 g/mol. The lowest BCUT2D eigenvalue weighted by Crippen LogP contribution is -2.45. The van der Waals surface area contributed by atoms with Crippen molar-refractivity contribution in [2.75, 3.05) is 24.5 Å². The molecule has 0 aliphatic carbocycles. The van der Waals surface area contributed by atoms with Crippen LogP contribution in [0.1, 0.15) is 29.3 Å². The van der Waals surface area contributed by atoms with Crippen LogP contribution in [0, 0.1) is 6.92 Å². The summed E-state index contributed by atoms with van der Waals surface area (Å²) < 4.78 is 7.61. The molecular formula is C18H23N7O2S. The van der Waals surface area contributed by atoms with Gasteiger partial charge < -0.3 is 15.0 Å². The van der Waals surface area contributed by atoms with E-state index in [1.54, 1.807) is 22.6 Å². The molecule has 4 rings (SSSR count). The van der Waals surface area contributed by atoms with E-state index in [2.05, 4.69) is 44.1 Å². The van der Waals surface area contributed by atoms with Crippen LogP contribution in [0.3, 0.4) is 0 Å². The van der Waals surface area contributed by atoms with Gasteiger partial charge in [-0.1, -0.05) is 0 Å². The van der Waals surface area contributed by atoms with Crippen molar-refractivity contribution in [1.29, 1.82) is 0 Å². The topological polar surface area (TPSA) is 98.1 Å². The van der Waals surface area contributed by atoms with Crippen LogP contribution in [-0.4, -0.2) is 62.5 Å². The predicted octanol–water partition coefficient (Wildman–Crippen LogP) is 1.63. The monoisotopic (exact) mass is 401 g/mol. The average molecular weight is 401 g/mol. The van der Waals surface area contributed by atoms with Crippen molar-refractivity contribution in [3.63, 3.8) is 0 Å². The van der Waals surface area contributed by atoms with Gasteiger partial charge in [-0.25, -0.2) is 19.6 Å². The van der Waals surface area contributed by atoms with E-state index < -0.39 is 0 Å². The van der Waals surface area contributed by atoms with Crippen LogP contribution in [0.15, 0.2) is 17.9 Å². The van der Waals surface area contributed by atoms with Crippen molar-refractivity contribution in [1.82, 2.24) is 30.0 Å². The molecule has 28 heavy (non-hydrogen) atoms. The number of aryl methyl sites for hydroxylation is 1. The second-order valence-corrected chi connectivity index (χ2v) is 8.03. The summed E-state index contributed by atoms with van der Waals surface area (Å²) in [6, 6.07) is 0. The Kier molecular flexibility index (Phi) is 5.23. The van der Waals surface area contributed by atoms with Crippen molar-refractivity contribution in [3.8, 4) is 0 Å². The van der Waals surface area contributed by atoms with Gasteiger partial charge in [-0.2, -0.15) is 5.10 Å². The highest BCUT2D eigenvalue weighted by molar-refractivity contribution is 7.09. The summed E-state index contributed by atoms with van der Waals surface area (Å²) in [4.78, 5) is 27.4. The smallest absolute Gasteiger partial charge is 0.270 e. The molecule has 0 bridgehead atoms. The summed E-state index contributed by atoms with van der Waals surface area (Å²) in [6.07, 6.45) is 3.65. The molecule has 3 aromatic heterocycles. The van der Waals surface area contributed by atoms with Crippen molar-refractivity contribution >= 4 is 34.1 Å². The molecule has 9 nitrogen and oxygen atoms in total. The number of carbonyl (C=O) groups is 1. The largest absolute Gasteiger partial charge is 0.372 e. The van der Waals surface area contributed by atoms with Gasteiger partial charge in [0.1, 0.15) is 17.8 Å². The molecule has 0 aromatic carbocycles. The fourth-order valence-electron chi connectivity index (χ4n) is 3.48. The van der Waals surface area contributed by atoms with E-state index in [9.17, 15) is 4.79 Å². The summed E-state index contributed by atoms with van der Waals surface area (Å²) in [7, 11) is 0. The number of nitrogens with zero attached hydrogens (tertiary/aromatic N) is 6. The number of rotatable bonds is 5. The fourth-order valence-corrected chi connectivity index (χ4v) is 4.07. The number of anilines is 1. The first kappa shape index (κ1) is 18.8. The van der Waals surface area contributed by atoms with Crippen molar-refractivity contribution in [3.05, 3.63) is 28.6 Å². The molecule has 0 saturated carbocycles. The number of ether oxygens (including phenoxy) is 1. The quantitative estimate of drug-likeness (QED) is 0.694. The maximum atomic E-state index is 12.1. The Labute approximate surface area is 166 Å². The zero-order chi connectivity index (χ0) is 19.7. The van der Waals surface area contributed by atoms with Crippen molar-refractivity contribution in [2.45, 2.75) is 39.5 Å². The molecule has 1 amide bonds. The van der Waals surface area contributed by atoms with E-state index in [1.807, 2.05) is 6.92 Å². The molecule has 4 heterocycles. The lowest BCUT2D eigenvalue weighted by Gasteiger charge is -2.36. The molecule has 1 N–H and O–H groups in total. The third kappa shape index (κ3) is 3.83. The maximum Gasteiger partial charge on any atom is 0.270 e. The molecule has 1 aliphatic rings. The predicted molar refractivity (Wildman–Crippen MR) is 107 cm³/mol. The van der Waals surface area contributed by atoms with Gasteiger partial charge in [-0.05, 0) is 20.8 Å². The van der Waals surface area contributed by atoms with E-state index >= 15 is 0 Å². The Morgan fingerprint density at radius 1 is 1.32 bits per heavy atom. The first-order valence-corrected chi connectivity index (χ1v) is 10.2. The lowest BCUT2D eigenvalue weighted by atomic mass is 10.2. The minimum absolute atomic E-state index is 0.147. The molecule has 0 spiro atoms. The van der Waals surface area contributed by atoms with E-state index in [4.69, 9.17) is 4.74 Å². The number of hydrogen-bond acceptors (Lipinski definition) is 8. The van der Waals surface area contributed by atoms with Gasteiger partial charge in [-0.3, -0.25) is 4.79 Å². The van der Waals surface area contributed by atoms with Gasteiger partial charge in [-0.15, -0.1) is 11.3 Å². The number of fused-ring (bicyclic) bond motifs is 1. The van der Waals surface area contributed by atoms with Crippen LogP contribution in [-0.2, 0) is 11.3 Å². The first-order chi connectivity index (χ1) is 13.5. The van der Waals surface area contributed by atoms with Gasteiger partial charge in [0.15, 0.2) is 5.65 Å². The Morgan fingerprint density at radius 3 is 2.82 bits per heavy atom. The lowest BCUT2D eigenvalue weighted by molar-refractivity contribution is -0.00537. The van der Waals surface area contributed by atoms with Crippen LogP contribution in [0.2, 0.25) is 0 Å². The zero-order valence-corrected chi connectivity index (χ0v) is 16.9. The molecule has 1 aliphatic heterocycles. The van der Waals surface area contributed by atoms with Crippen molar-refractivity contribution in [2.24, 2.45) is 0 Å². The molecule has 0 radical (unpaired) electrons. The van der Waals surface area contributed by atoms with Gasteiger partial charge in [0.2, 0.25) is 0 Å². The van der Waals surface area contributed by atoms with E-state index in [-0.39, 0.29) is 18.1 Å². The number of aromatic nitrogens is 5. The van der Waals surface area contributed by atoms with Gasteiger partial charge in [0.25, 0.3) is 5.91 Å². The number of nitrogens with one attached hydrogen (secondary N) is 1.